The van der Waals surface area contributed by atoms with Crippen LogP contribution in [0.4, 0.5) is 5.69 Å². The molecule has 0 bridgehead atoms. The zero-order valence-corrected chi connectivity index (χ0v) is 32.7. The Morgan fingerprint density at radius 3 is 1.44 bits per heavy atom. The normalized spacial score (nSPS) is 11.8. The molecule has 0 unspecified atom stereocenters. The lowest BCUT2D eigenvalue weighted by Crippen LogP contribution is -2.30. The number of amides is 2. The average molecular weight is 793 g/mol. The van der Waals surface area contributed by atoms with Crippen LogP contribution >= 0.6 is 0 Å². The number of nitriles is 4. The van der Waals surface area contributed by atoms with Crippen LogP contribution in [0.5, 0.6) is 0 Å². The van der Waals surface area contributed by atoms with Gasteiger partial charge in [0.05, 0.1) is 80.1 Å². The van der Waals surface area contributed by atoms with Gasteiger partial charge in [0.1, 0.15) is 0 Å². The highest BCUT2D eigenvalue weighted by molar-refractivity contribution is 6.37. The molecule has 9 aromatic rings. The highest BCUT2D eigenvalue weighted by Crippen LogP contribution is 2.46. The number of hydrogen-bond donors (Lipinski definition) is 0. The van der Waals surface area contributed by atoms with Crippen molar-refractivity contribution < 1.29 is 9.59 Å². The van der Waals surface area contributed by atoms with Gasteiger partial charge in [-0.2, -0.15) is 21.0 Å². The summed E-state index contributed by atoms with van der Waals surface area (Å²) in [7, 11) is 0. The molecule has 0 N–H and O–H groups in total. The smallest absolute Gasteiger partial charge is 0.268 e. The van der Waals surface area contributed by atoms with E-state index in [9.17, 15) is 25.8 Å². The minimum atomic E-state index is -0.514. The van der Waals surface area contributed by atoms with Gasteiger partial charge in [0.15, 0.2) is 0 Å². The molecule has 286 valence electrons. The van der Waals surface area contributed by atoms with Crippen molar-refractivity contribution in [3.63, 3.8) is 0 Å². The Morgan fingerprint density at radius 2 is 0.887 bits per heavy atom. The molecule has 0 saturated carbocycles. The molecule has 8 aromatic carbocycles. The van der Waals surface area contributed by atoms with Crippen LogP contribution in [0.1, 0.15) is 43.0 Å². The molecule has 2 heterocycles. The molecule has 10 rings (SSSR count). The summed E-state index contributed by atoms with van der Waals surface area (Å²) >= 11 is 0. The monoisotopic (exact) mass is 792 g/mol. The molecule has 0 fully saturated rings. The fraction of sp³-hybridized carbons (Fsp3) is 0. The minimum absolute atomic E-state index is 0.186. The molecule has 8 heteroatoms. The van der Waals surface area contributed by atoms with Gasteiger partial charge in [-0.3, -0.25) is 9.59 Å². The lowest BCUT2D eigenvalue weighted by atomic mass is 9.95. The van der Waals surface area contributed by atoms with Gasteiger partial charge in [0, 0.05) is 38.6 Å². The lowest BCUT2D eigenvalue weighted by molar-refractivity contribution is 0.0926. The number of aromatic nitrogens is 1. The van der Waals surface area contributed by atoms with Crippen LogP contribution in [0, 0.1) is 45.3 Å². The molecule has 8 nitrogen and oxygen atoms in total. The lowest BCUT2D eigenvalue weighted by Gasteiger charge is -2.20. The molecular formula is C54H28N6O2. The summed E-state index contributed by atoms with van der Waals surface area (Å²) < 4.78 is 1.96. The molecular weight excluding hydrogens is 765 g/mol. The van der Waals surface area contributed by atoms with Crippen molar-refractivity contribution in [1.82, 2.24) is 4.57 Å². The number of carbonyl (C=O) groups is 2. The number of rotatable bonds is 6. The van der Waals surface area contributed by atoms with Gasteiger partial charge in [-0.05, 0) is 59.2 Å². The molecule has 0 radical (unpaired) electrons. The predicted molar refractivity (Wildman–Crippen MR) is 239 cm³/mol. The first kappa shape index (κ1) is 37.0. The Hall–Kier alpha value is -9.34. The fourth-order valence-corrected chi connectivity index (χ4v) is 8.73. The van der Waals surface area contributed by atoms with Crippen molar-refractivity contribution in [2.45, 2.75) is 0 Å². The number of imide groups is 1. The van der Waals surface area contributed by atoms with Gasteiger partial charge in [-0.1, -0.05) is 127 Å². The molecule has 1 aliphatic heterocycles. The topological polar surface area (TPSA) is 137 Å². The number of carbonyl (C=O) groups excluding carboxylic acids is 2. The third kappa shape index (κ3) is 5.73. The molecule has 0 aliphatic carbocycles. The maximum Gasteiger partial charge on any atom is 0.268 e. The maximum absolute atomic E-state index is 15.4. The first-order chi connectivity index (χ1) is 30.4. The van der Waals surface area contributed by atoms with Crippen molar-refractivity contribution in [2.75, 3.05) is 4.90 Å². The van der Waals surface area contributed by atoms with Gasteiger partial charge >= 0.3 is 0 Å². The second-order valence-electron chi connectivity index (χ2n) is 14.8. The van der Waals surface area contributed by atoms with Crippen molar-refractivity contribution in [3.8, 4) is 74.5 Å². The Bertz CT molecular complexity index is 3430. The van der Waals surface area contributed by atoms with Gasteiger partial charge in [0.2, 0.25) is 0 Å². The average Bonchev–Trinajstić information content (AvgIpc) is 3.81. The van der Waals surface area contributed by atoms with Crippen LogP contribution < -0.4 is 4.90 Å². The maximum atomic E-state index is 15.4. The number of para-hydroxylation sites is 2. The highest BCUT2D eigenvalue weighted by Gasteiger charge is 2.41. The Balaban J connectivity index is 1.29. The van der Waals surface area contributed by atoms with Crippen molar-refractivity contribution in [3.05, 3.63) is 203 Å². The van der Waals surface area contributed by atoms with Crippen LogP contribution in [0.2, 0.25) is 0 Å². The predicted octanol–water partition coefficient (Wildman–Crippen LogP) is 11.7. The first-order valence-electron chi connectivity index (χ1n) is 19.7. The quantitative estimate of drug-likeness (QED) is 0.154. The van der Waals surface area contributed by atoms with Crippen LogP contribution in [-0.2, 0) is 0 Å². The molecule has 0 spiro atoms. The van der Waals surface area contributed by atoms with Gasteiger partial charge in [-0.25, -0.2) is 4.90 Å². The Kier molecular flexibility index (Phi) is 8.82. The Morgan fingerprint density at radius 1 is 0.371 bits per heavy atom. The van der Waals surface area contributed by atoms with Crippen molar-refractivity contribution >= 4 is 39.3 Å². The standard InChI is InChI=1S/C54H28N6O2/c55-29-33-20-23-40(38(26-33)31-57)43-14-7-16-45-46-17-8-15-44(41-24-21-34(30-56)27-39(41)32-58)52(46)59(51(43)45)48-19-9-18-47-50(48)54(62)60(53(47)61)49-28-37(35-10-3-1-4-11-35)22-25-42(49)36-12-5-2-6-13-36/h1-28H. The molecule has 2 amide bonds. The van der Waals surface area contributed by atoms with E-state index in [0.29, 0.717) is 61.4 Å². The summed E-state index contributed by atoms with van der Waals surface area (Å²) in [6, 6.07) is 60.7. The third-order valence-corrected chi connectivity index (χ3v) is 11.5. The van der Waals surface area contributed by atoms with Crippen molar-refractivity contribution in [2.24, 2.45) is 0 Å². The summed E-state index contributed by atoms with van der Waals surface area (Å²) in [6.07, 6.45) is 0. The largest absolute Gasteiger partial charge is 0.307 e. The van der Waals surface area contributed by atoms with E-state index in [0.717, 1.165) is 27.5 Å². The van der Waals surface area contributed by atoms with E-state index < -0.39 is 11.8 Å². The van der Waals surface area contributed by atoms with E-state index >= 15 is 4.79 Å². The number of fused-ring (bicyclic) bond motifs is 4. The second-order valence-corrected chi connectivity index (χ2v) is 14.8. The Labute approximate surface area is 355 Å². The third-order valence-electron chi connectivity index (χ3n) is 11.5. The minimum Gasteiger partial charge on any atom is -0.307 e. The van der Waals surface area contributed by atoms with Gasteiger partial charge in [0.25, 0.3) is 11.8 Å². The number of hydrogen-bond acceptors (Lipinski definition) is 6. The van der Waals surface area contributed by atoms with Crippen LogP contribution in [0.25, 0.3) is 72.0 Å². The fourth-order valence-electron chi connectivity index (χ4n) is 8.73. The second kappa shape index (κ2) is 14.8. The van der Waals surface area contributed by atoms with E-state index in [-0.39, 0.29) is 22.3 Å². The summed E-state index contributed by atoms with van der Waals surface area (Å²) in [6.45, 7) is 0. The first-order valence-corrected chi connectivity index (χ1v) is 19.7. The van der Waals surface area contributed by atoms with E-state index in [1.807, 2.05) is 126 Å². The SMILES string of the molecule is N#Cc1ccc(-c2cccc3c4cccc(-c5ccc(C#N)cc5C#N)c4n(-c4cccc5c4C(=O)N(c4cc(-c6ccccc6)ccc4-c4ccccc4)C5=O)c23)c(C#N)c1. The molecule has 0 atom stereocenters. The van der Waals surface area contributed by atoms with Gasteiger partial charge < -0.3 is 4.57 Å². The van der Waals surface area contributed by atoms with Gasteiger partial charge in [-0.15, -0.1) is 0 Å². The zero-order valence-electron chi connectivity index (χ0n) is 32.7. The molecule has 0 saturated heterocycles. The number of benzene rings is 8. The summed E-state index contributed by atoms with van der Waals surface area (Å²) in [5.41, 5.74) is 9.54. The van der Waals surface area contributed by atoms with E-state index in [2.05, 4.69) is 24.3 Å². The number of anilines is 1. The summed E-state index contributed by atoms with van der Waals surface area (Å²) in [5.74, 6) is -0.992. The van der Waals surface area contributed by atoms with E-state index in [4.69, 9.17) is 0 Å². The van der Waals surface area contributed by atoms with Crippen LogP contribution in [0.15, 0.2) is 170 Å². The van der Waals surface area contributed by atoms with Crippen LogP contribution in [-0.4, -0.2) is 16.4 Å². The number of nitrogens with zero attached hydrogens (tertiary/aromatic N) is 6. The zero-order chi connectivity index (χ0) is 42.5. The summed E-state index contributed by atoms with van der Waals surface area (Å²) in [5, 5.41) is 41.8. The molecule has 62 heavy (non-hydrogen) atoms. The molecule has 1 aliphatic rings. The molecule has 1 aromatic heterocycles. The van der Waals surface area contributed by atoms with E-state index in [1.54, 1.807) is 48.5 Å². The highest BCUT2D eigenvalue weighted by atomic mass is 16.2. The summed E-state index contributed by atoms with van der Waals surface area (Å²) in [4.78, 5) is 31.6. The van der Waals surface area contributed by atoms with E-state index in [1.165, 1.54) is 4.90 Å². The van der Waals surface area contributed by atoms with Crippen molar-refractivity contribution in [1.29, 1.82) is 21.0 Å². The van der Waals surface area contributed by atoms with Crippen LogP contribution in [0.3, 0.4) is 0 Å².